The van der Waals surface area contributed by atoms with E-state index in [4.69, 9.17) is 4.74 Å². The summed E-state index contributed by atoms with van der Waals surface area (Å²) in [4.78, 5) is 17.1. The molecule has 3 rings (SSSR count). The number of carbonyl (C=O) groups excluding carboxylic acids is 1. The van der Waals surface area contributed by atoms with Crippen molar-refractivity contribution in [3.63, 3.8) is 0 Å². The predicted octanol–water partition coefficient (Wildman–Crippen LogP) is 1.54. The van der Waals surface area contributed by atoms with E-state index in [0.29, 0.717) is 18.5 Å². The van der Waals surface area contributed by atoms with Gasteiger partial charge in [-0.3, -0.25) is 9.69 Å². The number of hydrogen-bond donors (Lipinski definition) is 1. The normalized spacial score (nSPS) is 25.4. The minimum atomic E-state index is 0. The highest BCUT2D eigenvalue weighted by molar-refractivity contribution is 5.85. The van der Waals surface area contributed by atoms with E-state index in [2.05, 4.69) is 15.1 Å². The second kappa shape index (κ2) is 10.7. The van der Waals surface area contributed by atoms with Gasteiger partial charge in [-0.05, 0) is 44.6 Å². The molecule has 7 heteroatoms. The first-order valence-corrected chi connectivity index (χ1v) is 8.63. The molecule has 5 nitrogen and oxygen atoms in total. The van der Waals surface area contributed by atoms with Crippen molar-refractivity contribution in [2.75, 3.05) is 52.5 Å². The second-order valence-corrected chi connectivity index (χ2v) is 6.72. The molecule has 0 radical (unpaired) electrons. The topological polar surface area (TPSA) is 44.8 Å². The van der Waals surface area contributed by atoms with Gasteiger partial charge in [-0.25, -0.2) is 0 Å². The molecule has 0 aromatic carbocycles. The average Bonchev–Trinajstić information content (AvgIpc) is 3.33. The van der Waals surface area contributed by atoms with E-state index < -0.39 is 0 Å². The number of likely N-dealkylation sites (tertiary alicyclic amines) is 1. The van der Waals surface area contributed by atoms with Gasteiger partial charge in [0.2, 0.25) is 5.91 Å². The Morgan fingerprint density at radius 2 is 1.78 bits per heavy atom. The largest absolute Gasteiger partial charge is 0.379 e. The van der Waals surface area contributed by atoms with Crippen LogP contribution in [0.2, 0.25) is 0 Å². The van der Waals surface area contributed by atoms with Crippen molar-refractivity contribution in [1.29, 1.82) is 0 Å². The maximum atomic E-state index is 12.5. The van der Waals surface area contributed by atoms with Gasteiger partial charge in [0, 0.05) is 32.2 Å². The van der Waals surface area contributed by atoms with E-state index in [1.165, 1.54) is 19.3 Å². The third-order valence-electron chi connectivity index (χ3n) is 4.93. The fraction of sp³-hybridized carbons (Fsp3) is 0.938. The van der Waals surface area contributed by atoms with Crippen molar-refractivity contribution in [3.05, 3.63) is 0 Å². The lowest BCUT2D eigenvalue weighted by Crippen LogP contribution is -2.53. The monoisotopic (exact) mass is 367 g/mol. The summed E-state index contributed by atoms with van der Waals surface area (Å²) in [5.74, 6) is 1.14. The summed E-state index contributed by atoms with van der Waals surface area (Å²) in [6, 6.07) is 0.409. The lowest BCUT2D eigenvalue weighted by atomic mass is 10.0. The van der Waals surface area contributed by atoms with Crippen LogP contribution >= 0.6 is 24.8 Å². The van der Waals surface area contributed by atoms with Crippen LogP contribution in [-0.4, -0.2) is 74.2 Å². The molecule has 0 bridgehead atoms. The predicted molar refractivity (Wildman–Crippen MR) is 96.7 cm³/mol. The number of rotatable bonds is 6. The summed E-state index contributed by atoms with van der Waals surface area (Å²) >= 11 is 0. The lowest BCUT2D eigenvalue weighted by Gasteiger charge is -2.39. The first-order valence-electron chi connectivity index (χ1n) is 8.63. The van der Waals surface area contributed by atoms with Crippen LogP contribution in [0, 0.1) is 5.92 Å². The number of carbonyl (C=O) groups is 1. The SMILES string of the molecule is Cl.Cl.O=C(CNCC1CC1)N1CCCCC1CN1CCOCC1. The van der Waals surface area contributed by atoms with E-state index in [1.54, 1.807) is 0 Å². The Bertz CT molecular complexity index is 350. The van der Waals surface area contributed by atoms with Crippen molar-refractivity contribution in [3.8, 4) is 0 Å². The van der Waals surface area contributed by atoms with E-state index in [9.17, 15) is 4.79 Å². The van der Waals surface area contributed by atoms with Crippen molar-refractivity contribution in [2.45, 2.75) is 38.1 Å². The highest BCUT2D eigenvalue weighted by Gasteiger charge is 2.29. The Labute approximate surface area is 152 Å². The fourth-order valence-electron chi connectivity index (χ4n) is 3.41. The van der Waals surface area contributed by atoms with Crippen LogP contribution in [0.15, 0.2) is 0 Å². The number of ether oxygens (including phenoxy) is 1. The number of morpholine rings is 1. The number of nitrogens with zero attached hydrogens (tertiary/aromatic N) is 2. The molecule has 136 valence electrons. The van der Waals surface area contributed by atoms with Gasteiger partial charge in [0.25, 0.3) is 0 Å². The average molecular weight is 368 g/mol. The number of amides is 1. The van der Waals surface area contributed by atoms with Crippen LogP contribution in [0.4, 0.5) is 0 Å². The zero-order chi connectivity index (χ0) is 14.5. The third-order valence-corrected chi connectivity index (χ3v) is 4.93. The molecule has 1 N–H and O–H groups in total. The highest BCUT2D eigenvalue weighted by atomic mass is 35.5. The van der Waals surface area contributed by atoms with Gasteiger partial charge in [-0.15, -0.1) is 24.8 Å². The Morgan fingerprint density at radius 3 is 2.48 bits per heavy atom. The van der Waals surface area contributed by atoms with Gasteiger partial charge in [-0.1, -0.05) is 0 Å². The Kier molecular flexibility index (Phi) is 9.78. The minimum Gasteiger partial charge on any atom is -0.379 e. The van der Waals surface area contributed by atoms with E-state index in [-0.39, 0.29) is 24.8 Å². The summed E-state index contributed by atoms with van der Waals surface area (Å²) < 4.78 is 5.41. The summed E-state index contributed by atoms with van der Waals surface area (Å²) in [5, 5.41) is 3.34. The zero-order valence-electron chi connectivity index (χ0n) is 13.9. The zero-order valence-corrected chi connectivity index (χ0v) is 15.5. The van der Waals surface area contributed by atoms with Crippen LogP contribution in [0.1, 0.15) is 32.1 Å². The van der Waals surface area contributed by atoms with Crippen molar-refractivity contribution in [2.24, 2.45) is 5.92 Å². The summed E-state index contributed by atoms with van der Waals surface area (Å²) in [6.45, 7) is 7.21. The summed E-state index contributed by atoms with van der Waals surface area (Å²) in [5.41, 5.74) is 0. The molecule has 1 amide bonds. The Balaban J connectivity index is 0.00000132. The van der Waals surface area contributed by atoms with Gasteiger partial charge in [0.15, 0.2) is 0 Å². The number of hydrogen-bond acceptors (Lipinski definition) is 4. The molecule has 2 aliphatic heterocycles. The van der Waals surface area contributed by atoms with Crippen LogP contribution in [0.25, 0.3) is 0 Å². The lowest BCUT2D eigenvalue weighted by molar-refractivity contribution is -0.134. The third kappa shape index (κ3) is 6.75. The quantitative estimate of drug-likeness (QED) is 0.773. The molecule has 2 saturated heterocycles. The molecule has 1 unspecified atom stereocenters. The molecule has 0 aromatic rings. The maximum Gasteiger partial charge on any atom is 0.236 e. The molecular formula is C16H31Cl2N3O2. The van der Waals surface area contributed by atoms with E-state index in [0.717, 1.165) is 64.7 Å². The van der Waals surface area contributed by atoms with Gasteiger partial charge in [-0.2, -0.15) is 0 Å². The molecule has 1 aliphatic carbocycles. The molecule has 3 aliphatic rings. The minimum absolute atomic E-state index is 0. The van der Waals surface area contributed by atoms with E-state index in [1.807, 2.05) is 0 Å². The van der Waals surface area contributed by atoms with E-state index >= 15 is 0 Å². The van der Waals surface area contributed by atoms with Gasteiger partial charge in [0.1, 0.15) is 0 Å². The second-order valence-electron chi connectivity index (χ2n) is 6.72. The molecule has 23 heavy (non-hydrogen) atoms. The molecule has 2 heterocycles. The number of halogens is 2. The maximum absolute atomic E-state index is 12.5. The van der Waals surface area contributed by atoms with Crippen LogP contribution in [0.3, 0.4) is 0 Å². The first-order chi connectivity index (χ1) is 10.3. The van der Waals surface area contributed by atoms with Gasteiger partial charge in [0.05, 0.1) is 19.8 Å². The smallest absolute Gasteiger partial charge is 0.236 e. The molecule has 1 saturated carbocycles. The van der Waals surface area contributed by atoms with Crippen molar-refractivity contribution in [1.82, 2.24) is 15.1 Å². The van der Waals surface area contributed by atoms with Gasteiger partial charge < -0.3 is 15.0 Å². The Morgan fingerprint density at radius 1 is 1.04 bits per heavy atom. The summed E-state index contributed by atoms with van der Waals surface area (Å²) in [7, 11) is 0. The highest BCUT2D eigenvalue weighted by Crippen LogP contribution is 2.27. The van der Waals surface area contributed by atoms with Crippen LogP contribution in [-0.2, 0) is 9.53 Å². The first kappa shape index (κ1) is 21.0. The van der Waals surface area contributed by atoms with Gasteiger partial charge >= 0.3 is 0 Å². The number of piperidine rings is 1. The van der Waals surface area contributed by atoms with Crippen molar-refractivity contribution >= 4 is 30.7 Å². The molecule has 0 spiro atoms. The standard InChI is InChI=1S/C16H29N3O2.2ClH/c20-16(12-17-11-14-4-5-14)19-6-2-1-3-15(19)13-18-7-9-21-10-8-18;;/h14-15,17H,1-13H2;2*1H. The fourth-order valence-corrected chi connectivity index (χ4v) is 3.41. The Hall–Kier alpha value is -0.0700. The van der Waals surface area contributed by atoms with Crippen LogP contribution < -0.4 is 5.32 Å². The molecule has 0 aromatic heterocycles. The van der Waals surface area contributed by atoms with Crippen LogP contribution in [0.5, 0.6) is 0 Å². The number of nitrogens with one attached hydrogen (secondary N) is 1. The molecular weight excluding hydrogens is 337 g/mol. The molecule has 1 atom stereocenters. The molecule has 3 fully saturated rings. The summed E-state index contributed by atoms with van der Waals surface area (Å²) in [6.07, 6.45) is 6.25. The van der Waals surface area contributed by atoms with Crippen molar-refractivity contribution < 1.29 is 9.53 Å².